The maximum Gasteiger partial charge on any atom is 0.123 e. The van der Waals surface area contributed by atoms with Crippen LogP contribution in [0.4, 0.5) is 4.39 Å². The molecule has 2 aliphatic rings. The maximum absolute atomic E-state index is 13.5. The third-order valence-electron chi connectivity index (χ3n) is 6.53. The average molecular weight is 426 g/mol. The van der Waals surface area contributed by atoms with E-state index in [4.69, 9.17) is 0 Å². The van der Waals surface area contributed by atoms with E-state index in [1.165, 1.54) is 77.1 Å². The van der Waals surface area contributed by atoms with Crippen LogP contribution in [0.15, 0.2) is 22.7 Å². The van der Waals surface area contributed by atoms with Crippen molar-refractivity contribution in [3.63, 3.8) is 0 Å². The lowest BCUT2D eigenvalue weighted by molar-refractivity contribution is 0.153. The van der Waals surface area contributed by atoms with Crippen LogP contribution in [0.3, 0.4) is 0 Å². The molecule has 0 unspecified atom stereocenters. The van der Waals surface area contributed by atoms with E-state index >= 15 is 0 Å². The maximum atomic E-state index is 13.5. The van der Waals surface area contributed by atoms with Crippen LogP contribution in [0.2, 0.25) is 0 Å². The van der Waals surface area contributed by atoms with E-state index in [0.29, 0.717) is 18.4 Å². The fourth-order valence-electron chi connectivity index (χ4n) is 4.73. The highest BCUT2D eigenvalue weighted by molar-refractivity contribution is 9.10. The second-order valence-corrected chi connectivity index (χ2v) is 9.29. The summed E-state index contributed by atoms with van der Waals surface area (Å²) in [6.45, 7) is 3.99. The number of hydrogen-bond donors (Lipinski definition) is 1. The van der Waals surface area contributed by atoms with Crippen molar-refractivity contribution < 1.29 is 9.50 Å². The Morgan fingerprint density at radius 2 is 1.69 bits per heavy atom. The molecule has 1 aromatic carbocycles. The number of benzene rings is 1. The van der Waals surface area contributed by atoms with Gasteiger partial charge >= 0.3 is 0 Å². The van der Waals surface area contributed by atoms with Gasteiger partial charge in [-0.25, -0.2) is 4.39 Å². The summed E-state index contributed by atoms with van der Waals surface area (Å²) in [5, 5.41) is 9.24. The molecular formula is C22H33BrFNO. The summed E-state index contributed by atoms with van der Waals surface area (Å²) < 4.78 is 14.5. The first kappa shape index (κ1) is 20.3. The minimum Gasteiger partial charge on any atom is -0.396 e. The van der Waals surface area contributed by atoms with Gasteiger partial charge in [-0.15, -0.1) is 0 Å². The number of aliphatic hydroxyl groups is 1. The summed E-state index contributed by atoms with van der Waals surface area (Å²) in [5.74, 6) is 2.01. The molecule has 4 heteroatoms. The highest BCUT2D eigenvalue weighted by Crippen LogP contribution is 2.31. The molecule has 1 heterocycles. The van der Waals surface area contributed by atoms with Gasteiger partial charge in [0.15, 0.2) is 0 Å². The molecule has 1 aliphatic carbocycles. The largest absolute Gasteiger partial charge is 0.396 e. The van der Waals surface area contributed by atoms with Gasteiger partial charge in [-0.3, -0.25) is 0 Å². The van der Waals surface area contributed by atoms with Crippen molar-refractivity contribution >= 4 is 15.9 Å². The van der Waals surface area contributed by atoms with Gasteiger partial charge in [0.25, 0.3) is 0 Å². The van der Waals surface area contributed by atoms with Crippen molar-refractivity contribution in [2.75, 3.05) is 26.2 Å². The number of aliphatic hydroxyl groups excluding tert-OH is 1. The van der Waals surface area contributed by atoms with Gasteiger partial charge in [0.1, 0.15) is 5.82 Å². The molecule has 0 aromatic heterocycles. The Morgan fingerprint density at radius 1 is 1.00 bits per heavy atom. The molecule has 1 N–H and O–H groups in total. The number of halogens is 2. The van der Waals surface area contributed by atoms with Crippen LogP contribution in [0.5, 0.6) is 0 Å². The molecule has 0 atom stereocenters. The summed E-state index contributed by atoms with van der Waals surface area (Å²) in [7, 11) is 0. The molecular weight excluding hydrogens is 393 g/mol. The molecule has 0 radical (unpaired) electrons. The number of likely N-dealkylation sites (tertiary alicyclic amines) is 1. The van der Waals surface area contributed by atoms with Gasteiger partial charge in [-0.1, -0.05) is 28.8 Å². The standard InChI is InChI=1S/C22H33BrFNO/c23-22-8-7-21(24)15-20(22)14-18-9-12-25(13-10-18)11-1-2-17-3-5-19(16-26)6-4-17/h7-8,15,17-19,26H,1-6,9-14,16H2. The average Bonchev–Trinajstić information content (AvgIpc) is 2.67. The highest BCUT2D eigenvalue weighted by atomic mass is 79.9. The van der Waals surface area contributed by atoms with Gasteiger partial charge in [-0.2, -0.15) is 0 Å². The number of rotatable bonds is 7. The summed E-state index contributed by atoms with van der Waals surface area (Å²) in [4.78, 5) is 2.62. The summed E-state index contributed by atoms with van der Waals surface area (Å²) in [6.07, 6.45) is 11.2. The quantitative estimate of drug-likeness (QED) is 0.629. The zero-order chi connectivity index (χ0) is 18.4. The van der Waals surface area contributed by atoms with Crippen LogP contribution in [0, 0.1) is 23.6 Å². The minimum atomic E-state index is -0.131. The summed E-state index contributed by atoms with van der Waals surface area (Å²) >= 11 is 3.56. The third-order valence-corrected chi connectivity index (χ3v) is 7.31. The van der Waals surface area contributed by atoms with Crippen molar-refractivity contribution in [2.45, 2.75) is 57.8 Å². The van der Waals surface area contributed by atoms with E-state index in [2.05, 4.69) is 20.8 Å². The first-order valence-electron chi connectivity index (χ1n) is 10.4. The topological polar surface area (TPSA) is 23.5 Å². The number of nitrogens with zero attached hydrogens (tertiary/aromatic N) is 1. The fraction of sp³-hybridized carbons (Fsp3) is 0.727. The van der Waals surface area contributed by atoms with Crippen molar-refractivity contribution in [1.82, 2.24) is 4.90 Å². The Hall–Kier alpha value is -0.450. The Balaban J connectivity index is 1.32. The molecule has 1 saturated carbocycles. The second-order valence-electron chi connectivity index (χ2n) is 8.44. The van der Waals surface area contributed by atoms with Crippen LogP contribution in [-0.2, 0) is 6.42 Å². The van der Waals surface area contributed by atoms with Crippen molar-refractivity contribution in [2.24, 2.45) is 17.8 Å². The monoisotopic (exact) mass is 425 g/mol. The zero-order valence-electron chi connectivity index (χ0n) is 15.8. The molecule has 2 nitrogen and oxygen atoms in total. The van der Waals surface area contributed by atoms with Crippen LogP contribution in [0.25, 0.3) is 0 Å². The normalized spacial score (nSPS) is 25.5. The van der Waals surface area contributed by atoms with Gasteiger partial charge in [0.2, 0.25) is 0 Å². The molecule has 3 rings (SSSR count). The predicted octanol–water partition coefficient (Wildman–Crippen LogP) is 5.42. The van der Waals surface area contributed by atoms with Gasteiger partial charge in [0, 0.05) is 11.1 Å². The molecule has 0 amide bonds. The molecule has 146 valence electrons. The Kier molecular flexibility index (Phi) is 7.95. The molecule has 26 heavy (non-hydrogen) atoms. The van der Waals surface area contributed by atoms with Crippen molar-refractivity contribution in [3.8, 4) is 0 Å². The summed E-state index contributed by atoms with van der Waals surface area (Å²) in [5.41, 5.74) is 1.11. The Bertz CT molecular complexity index is 551. The van der Waals surface area contributed by atoms with Crippen molar-refractivity contribution in [1.29, 1.82) is 0 Å². The van der Waals surface area contributed by atoms with E-state index in [9.17, 15) is 9.50 Å². The van der Waals surface area contributed by atoms with Crippen LogP contribution in [0.1, 0.15) is 56.9 Å². The summed E-state index contributed by atoms with van der Waals surface area (Å²) in [6, 6.07) is 5.03. The van der Waals surface area contributed by atoms with Gasteiger partial charge in [0.05, 0.1) is 0 Å². The minimum absolute atomic E-state index is 0.131. The molecule has 0 bridgehead atoms. The highest BCUT2D eigenvalue weighted by Gasteiger charge is 2.22. The molecule has 2 fully saturated rings. The SMILES string of the molecule is OCC1CCC(CCCN2CCC(Cc3cc(F)ccc3Br)CC2)CC1. The lowest BCUT2D eigenvalue weighted by Gasteiger charge is -2.33. The van der Waals surface area contributed by atoms with Crippen LogP contribution < -0.4 is 0 Å². The van der Waals surface area contributed by atoms with E-state index < -0.39 is 0 Å². The predicted molar refractivity (Wildman–Crippen MR) is 109 cm³/mol. The second kappa shape index (κ2) is 10.2. The zero-order valence-corrected chi connectivity index (χ0v) is 17.4. The van der Waals surface area contributed by atoms with Crippen molar-refractivity contribution in [3.05, 3.63) is 34.1 Å². The molecule has 1 aromatic rings. The van der Waals surface area contributed by atoms with Crippen LogP contribution in [-0.4, -0.2) is 36.2 Å². The Morgan fingerprint density at radius 3 is 2.38 bits per heavy atom. The first-order chi connectivity index (χ1) is 12.6. The van der Waals surface area contributed by atoms with E-state index in [1.807, 2.05) is 6.07 Å². The van der Waals surface area contributed by atoms with E-state index in [0.717, 1.165) is 22.4 Å². The molecule has 0 spiro atoms. The van der Waals surface area contributed by atoms with Gasteiger partial charge < -0.3 is 10.0 Å². The number of hydrogen-bond acceptors (Lipinski definition) is 2. The van der Waals surface area contributed by atoms with Gasteiger partial charge in [-0.05, 0) is 106 Å². The Labute approximate surface area is 166 Å². The molecule has 1 aliphatic heterocycles. The van der Waals surface area contributed by atoms with E-state index in [-0.39, 0.29) is 5.82 Å². The molecule has 1 saturated heterocycles. The van der Waals surface area contributed by atoms with Crippen LogP contribution >= 0.6 is 15.9 Å². The smallest absolute Gasteiger partial charge is 0.123 e. The fourth-order valence-corrected chi connectivity index (χ4v) is 5.14. The number of piperidine rings is 1. The lowest BCUT2D eigenvalue weighted by Crippen LogP contribution is -2.35. The third kappa shape index (κ3) is 6.03. The van der Waals surface area contributed by atoms with E-state index in [1.54, 1.807) is 6.07 Å². The lowest BCUT2D eigenvalue weighted by atomic mass is 9.80. The first-order valence-corrected chi connectivity index (χ1v) is 11.2.